The van der Waals surface area contributed by atoms with Gasteiger partial charge >= 0.3 is 12.0 Å². The van der Waals surface area contributed by atoms with Crippen molar-refractivity contribution in [1.82, 2.24) is 10.2 Å². The molecule has 1 atom stereocenters. The number of hydrogen-bond acceptors (Lipinski definition) is 3. The molecule has 1 aliphatic heterocycles. The van der Waals surface area contributed by atoms with Gasteiger partial charge in [0.05, 0.1) is 0 Å². The molecule has 108 valence electrons. The third-order valence-corrected chi connectivity index (χ3v) is 3.49. The highest BCUT2D eigenvalue weighted by Gasteiger charge is 2.39. The Kier molecular flexibility index (Phi) is 4.24. The number of amides is 2. The number of carboxylic acid groups (broad SMARTS) is 1. The number of carboxylic acids is 1. The van der Waals surface area contributed by atoms with E-state index < -0.39 is 12.0 Å². The van der Waals surface area contributed by atoms with Gasteiger partial charge in [0, 0.05) is 32.2 Å². The number of rotatable bonds is 4. The number of fused-ring (bicyclic) bond motifs is 1. The molecule has 0 fully saturated rings. The Morgan fingerprint density at radius 1 is 1.45 bits per heavy atom. The maximum atomic E-state index is 12.5. The second-order valence-electron chi connectivity index (χ2n) is 4.86. The first-order valence-electron chi connectivity index (χ1n) is 6.56. The van der Waals surface area contributed by atoms with E-state index in [0.29, 0.717) is 25.2 Å². The molecule has 2 amide bonds. The molecular weight excluding hydrogens is 258 g/mol. The number of urea groups is 1. The van der Waals surface area contributed by atoms with E-state index in [4.69, 9.17) is 0 Å². The van der Waals surface area contributed by atoms with Crippen LogP contribution in [0.15, 0.2) is 24.3 Å². The van der Waals surface area contributed by atoms with Gasteiger partial charge in [-0.1, -0.05) is 18.2 Å². The van der Waals surface area contributed by atoms with Crippen LogP contribution in [0, 0.1) is 0 Å². The Hall–Kier alpha value is -2.08. The molecule has 0 aliphatic carbocycles. The predicted octanol–water partition coefficient (Wildman–Crippen LogP) is 0.773. The number of carbonyl (C=O) groups is 2. The first-order chi connectivity index (χ1) is 9.56. The second kappa shape index (κ2) is 5.92. The van der Waals surface area contributed by atoms with Crippen LogP contribution in [0.2, 0.25) is 0 Å². The molecule has 0 saturated carbocycles. The van der Waals surface area contributed by atoms with Crippen molar-refractivity contribution in [3.05, 3.63) is 29.8 Å². The molecule has 1 aromatic rings. The molecule has 0 unspecified atom stereocenters. The highest BCUT2D eigenvalue weighted by molar-refractivity contribution is 6.00. The van der Waals surface area contributed by atoms with Gasteiger partial charge < -0.3 is 15.3 Å². The van der Waals surface area contributed by atoms with Crippen LogP contribution in [0.3, 0.4) is 0 Å². The average molecular weight is 277 g/mol. The van der Waals surface area contributed by atoms with Gasteiger partial charge in [0.1, 0.15) is 6.04 Å². The number of anilines is 1. The van der Waals surface area contributed by atoms with E-state index >= 15 is 0 Å². The Balaban J connectivity index is 2.26. The topological polar surface area (TPSA) is 72.9 Å². The zero-order valence-electron chi connectivity index (χ0n) is 11.7. The van der Waals surface area contributed by atoms with Crippen molar-refractivity contribution in [3.63, 3.8) is 0 Å². The number of benzene rings is 1. The molecule has 0 spiro atoms. The zero-order chi connectivity index (χ0) is 14.7. The molecule has 6 heteroatoms. The highest BCUT2D eigenvalue weighted by atomic mass is 16.4. The Morgan fingerprint density at radius 3 is 2.80 bits per heavy atom. The normalized spacial score (nSPS) is 16.9. The minimum Gasteiger partial charge on any atom is -0.480 e. The van der Waals surface area contributed by atoms with Crippen LogP contribution in [-0.4, -0.2) is 55.2 Å². The lowest BCUT2D eigenvalue weighted by Gasteiger charge is -2.28. The second-order valence-corrected chi connectivity index (χ2v) is 4.86. The molecule has 20 heavy (non-hydrogen) atoms. The van der Waals surface area contributed by atoms with E-state index in [1.807, 2.05) is 25.2 Å². The van der Waals surface area contributed by atoms with E-state index in [1.54, 1.807) is 13.1 Å². The summed E-state index contributed by atoms with van der Waals surface area (Å²) in [4.78, 5) is 26.8. The maximum Gasteiger partial charge on any atom is 0.327 e. The molecule has 2 rings (SSSR count). The van der Waals surface area contributed by atoms with Gasteiger partial charge in [-0.3, -0.25) is 4.90 Å². The molecule has 0 saturated heterocycles. The third kappa shape index (κ3) is 2.60. The molecule has 0 aromatic heterocycles. The van der Waals surface area contributed by atoms with Gasteiger partial charge in [0.25, 0.3) is 0 Å². The zero-order valence-corrected chi connectivity index (χ0v) is 11.7. The molecule has 1 aliphatic rings. The van der Waals surface area contributed by atoms with Gasteiger partial charge in [0.2, 0.25) is 0 Å². The van der Waals surface area contributed by atoms with Crippen molar-refractivity contribution in [2.75, 3.05) is 32.1 Å². The summed E-state index contributed by atoms with van der Waals surface area (Å²) in [5, 5.41) is 12.3. The van der Waals surface area contributed by atoms with Crippen LogP contribution in [0.4, 0.5) is 10.5 Å². The molecule has 0 radical (unpaired) electrons. The van der Waals surface area contributed by atoms with Crippen molar-refractivity contribution in [3.8, 4) is 0 Å². The van der Waals surface area contributed by atoms with Crippen molar-refractivity contribution in [1.29, 1.82) is 0 Å². The van der Waals surface area contributed by atoms with Gasteiger partial charge in [-0.05, 0) is 18.7 Å². The summed E-state index contributed by atoms with van der Waals surface area (Å²) in [6.45, 7) is 1.19. The monoisotopic (exact) mass is 277 g/mol. The van der Waals surface area contributed by atoms with Crippen LogP contribution in [0.1, 0.15) is 5.56 Å². The van der Waals surface area contributed by atoms with Gasteiger partial charge in [-0.15, -0.1) is 0 Å². The molecule has 0 bridgehead atoms. The first-order valence-corrected chi connectivity index (χ1v) is 6.56. The highest BCUT2D eigenvalue weighted by Crippen LogP contribution is 2.32. The number of carbonyl (C=O) groups excluding carboxylic acids is 1. The summed E-state index contributed by atoms with van der Waals surface area (Å²) >= 11 is 0. The summed E-state index contributed by atoms with van der Waals surface area (Å²) in [6, 6.07) is 6.23. The summed E-state index contributed by atoms with van der Waals surface area (Å²) in [7, 11) is 3.49. The van der Waals surface area contributed by atoms with E-state index in [0.717, 1.165) is 5.56 Å². The largest absolute Gasteiger partial charge is 0.480 e. The third-order valence-electron chi connectivity index (χ3n) is 3.49. The predicted molar refractivity (Wildman–Crippen MR) is 76.0 cm³/mol. The maximum absolute atomic E-state index is 12.5. The van der Waals surface area contributed by atoms with Crippen molar-refractivity contribution in [2.24, 2.45) is 0 Å². The quantitative estimate of drug-likeness (QED) is 0.853. The van der Waals surface area contributed by atoms with Crippen molar-refractivity contribution >= 4 is 17.7 Å². The fourth-order valence-electron chi connectivity index (χ4n) is 2.38. The molecule has 6 nitrogen and oxygen atoms in total. The summed E-state index contributed by atoms with van der Waals surface area (Å²) in [5.74, 6) is -0.975. The number of nitrogens with one attached hydrogen (secondary N) is 1. The minimum absolute atomic E-state index is 0.280. The summed E-state index contributed by atoms with van der Waals surface area (Å²) in [6.07, 6.45) is 0.358. The van der Waals surface area contributed by atoms with Crippen molar-refractivity contribution in [2.45, 2.75) is 12.5 Å². The van der Waals surface area contributed by atoms with Gasteiger partial charge in [-0.2, -0.15) is 0 Å². The Labute approximate surface area is 118 Å². The first kappa shape index (κ1) is 14.3. The van der Waals surface area contributed by atoms with Gasteiger partial charge in [0.15, 0.2) is 0 Å². The van der Waals surface area contributed by atoms with Crippen LogP contribution in [0.25, 0.3) is 0 Å². The Morgan fingerprint density at radius 2 is 2.15 bits per heavy atom. The van der Waals surface area contributed by atoms with Crippen LogP contribution >= 0.6 is 0 Å². The molecule has 2 N–H and O–H groups in total. The smallest absolute Gasteiger partial charge is 0.327 e. The lowest BCUT2D eigenvalue weighted by atomic mass is 10.1. The van der Waals surface area contributed by atoms with E-state index in [9.17, 15) is 14.7 Å². The average Bonchev–Trinajstić information content (AvgIpc) is 2.83. The van der Waals surface area contributed by atoms with E-state index in [2.05, 4.69) is 5.32 Å². The van der Waals surface area contributed by atoms with E-state index in [-0.39, 0.29) is 6.03 Å². The number of para-hydroxylation sites is 1. The molecule has 1 heterocycles. The Bertz CT molecular complexity index is 518. The van der Waals surface area contributed by atoms with Crippen molar-refractivity contribution < 1.29 is 14.7 Å². The minimum atomic E-state index is -0.975. The lowest BCUT2D eigenvalue weighted by molar-refractivity contribution is -0.138. The molecular formula is C14H19N3O3. The molecule has 1 aromatic carbocycles. The number of aliphatic carboxylic acids is 1. The van der Waals surface area contributed by atoms with E-state index in [1.165, 1.54) is 9.80 Å². The fraction of sp³-hybridized carbons (Fsp3) is 0.429. The SMILES string of the molecule is CNCCN(C)C(=O)N1c2ccccc2C[C@H]1C(=O)O. The number of nitrogens with zero attached hydrogens (tertiary/aromatic N) is 2. The number of likely N-dealkylation sites (N-methyl/N-ethyl adjacent to an activating group) is 2. The van der Waals surface area contributed by atoms with Crippen LogP contribution < -0.4 is 10.2 Å². The summed E-state index contributed by atoms with van der Waals surface area (Å²) < 4.78 is 0. The van der Waals surface area contributed by atoms with Gasteiger partial charge in [-0.25, -0.2) is 9.59 Å². The van der Waals surface area contributed by atoms with Crippen LogP contribution in [-0.2, 0) is 11.2 Å². The summed E-state index contributed by atoms with van der Waals surface area (Å²) in [5.41, 5.74) is 1.59. The lowest BCUT2D eigenvalue weighted by Crippen LogP contribution is -2.49. The fourth-order valence-corrected chi connectivity index (χ4v) is 2.38. The van der Waals surface area contributed by atoms with Crippen LogP contribution in [0.5, 0.6) is 0 Å². The standard InChI is InChI=1S/C14H19N3O3/c1-15-7-8-16(2)14(20)17-11-6-4-3-5-10(11)9-12(17)13(18)19/h3-6,12,15H,7-9H2,1-2H3,(H,18,19)/t12-/m0/s1. The number of hydrogen-bond donors (Lipinski definition) is 2.